The Morgan fingerprint density at radius 1 is 1.59 bits per heavy atom. The Kier molecular flexibility index (Phi) is 3.13. The third-order valence-electron chi connectivity index (χ3n) is 3.26. The fraction of sp³-hybridized carbons (Fsp3) is 0.700. The van der Waals surface area contributed by atoms with Crippen LogP contribution in [0.3, 0.4) is 0 Å². The summed E-state index contributed by atoms with van der Waals surface area (Å²) >= 11 is 0. The highest BCUT2D eigenvalue weighted by Gasteiger charge is 2.37. The van der Waals surface area contributed by atoms with E-state index in [1.165, 1.54) is 10.9 Å². The van der Waals surface area contributed by atoms with Gasteiger partial charge in [-0.2, -0.15) is 4.31 Å². The highest BCUT2D eigenvalue weighted by Crippen LogP contribution is 2.29. The molecule has 2 rings (SSSR count). The first-order chi connectivity index (χ1) is 7.98. The van der Waals surface area contributed by atoms with Crippen LogP contribution in [-0.4, -0.2) is 34.9 Å². The maximum Gasteiger partial charge on any atom is 0.262 e. The summed E-state index contributed by atoms with van der Waals surface area (Å²) < 4.78 is 28.0. The molecule has 2 heterocycles. The fourth-order valence-corrected chi connectivity index (χ4v) is 4.36. The maximum absolute atomic E-state index is 12.5. The molecule has 0 aromatic carbocycles. The predicted molar refractivity (Wildman–Crippen MR) is 64.8 cm³/mol. The van der Waals surface area contributed by atoms with Gasteiger partial charge in [-0.15, -0.1) is 0 Å². The van der Waals surface area contributed by atoms with E-state index in [2.05, 4.69) is 4.98 Å². The molecular weight excluding hydrogens is 240 g/mol. The molecule has 1 aliphatic heterocycles. The number of rotatable bonds is 3. The smallest absolute Gasteiger partial charge is 0.262 e. The van der Waals surface area contributed by atoms with Gasteiger partial charge >= 0.3 is 0 Å². The molecule has 0 radical (unpaired) electrons. The topological polar surface area (TPSA) is 81.2 Å². The Balaban J connectivity index is 2.43. The Bertz CT molecular complexity index is 489. The Morgan fingerprint density at radius 3 is 2.82 bits per heavy atom. The molecule has 6 nitrogen and oxygen atoms in total. The Morgan fingerprint density at radius 2 is 2.29 bits per heavy atom. The van der Waals surface area contributed by atoms with Gasteiger partial charge in [0.25, 0.3) is 10.0 Å². The minimum atomic E-state index is -3.51. The molecule has 1 aliphatic rings. The molecule has 2 N–H and O–H groups in total. The van der Waals surface area contributed by atoms with Crippen LogP contribution in [0.4, 0.5) is 5.82 Å². The molecule has 1 unspecified atom stereocenters. The van der Waals surface area contributed by atoms with Crippen molar-refractivity contribution in [1.29, 1.82) is 0 Å². The molecule has 1 saturated heterocycles. The van der Waals surface area contributed by atoms with E-state index in [0.717, 1.165) is 19.3 Å². The van der Waals surface area contributed by atoms with Crippen molar-refractivity contribution in [3.05, 3.63) is 6.33 Å². The Labute approximate surface area is 101 Å². The lowest BCUT2D eigenvalue weighted by atomic mass is 10.2. The van der Waals surface area contributed by atoms with Crippen LogP contribution in [0.15, 0.2) is 11.4 Å². The number of anilines is 1. The van der Waals surface area contributed by atoms with Gasteiger partial charge in [0.05, 0.1) is 6.33 Å². The van der Waals surface area contributed by atoms with Gasteiger partial charge in [-0.05, 0) is 19.3 Å². The van der Waals surface area contributed by atoms with Crippen LogP contribution in [0, 0.1) is 0 Å². The first kappa shape index (κ1) is 12.4. The highest BCUT2D eigenvalue weighted by atomic mass is 32.2. The molecule has 7 heteroatoms. The first-order valence-electron chi connectivity index (χ1n) is 5.77. The number of nitrogens with two attached hydrogens (primary N) is 1. The number of sulfonamides is 1. The summed E-state index contributed by atoms with van der Waals surface area (Å²) in [6.07, 6.45) is 4.10. The van der Waals surface area contributed by atoms with E-state index in [1.807, 2.05) is 6.92 Å². The van der Waals surface area contributed by atoms with Crippen molar-refractivity contribution in [3.63, 3.8) is 0 Å². The van der Waals surface area contributed by atoms with E-state index < -0.39 is 10.0 Å². The summed E-state index contributed by atoms with van der Waals surface area (Å²) in [6, 6.07) is 0.0919. The number of nitrogen functional groups attached to an aromatic ring is 1. The molecule has 1 aromatic heterocycles. The van der Waals surface area contributed by atoms with E-state index in [1.54, 1.807) is 11.4 Å². The molecule has 17 heavy (non-hydrogen) atoms. The lowest BCUT2D eigenvalue weighted by molar-refractivity contribution is 0.377. The third-order valence-corrected chi connectivity index (χ3v) is 5.34. The zero-order valence-corrected chi connectivity index (χ0v) is 10.9. The maximum atomic E-state index is 12.5. The molecular formula is C10H18N4O2S. The second-order valence-electron chi connectivity index (χ2n) is 4.37. The molecule has 0 spiro atoms. The molecule has 1 fully saturated rings. The average molecular weight is 258 g/mol. The van der Waals surface area contributed by atoms with Gasteiger partial charge in [0, 0.05) is 19.6 Å². The molecule has 0 amide bonds. The number of nitrogens with zero attached hydrogens (tertiary/aromatic N) is 3. The largest absolute Gasteiger partial charge is 0.381 e. The van der Waals surface area contributed by atoms with Crippen LogP contribution in [-0.2, 0) is 17.1 Å². The van der Waals surface area contributed by atoms with Crippen LogP contribution in [0.5, 0.6) is 0 Å². The number of aromatic nitrogens is 2. The quantitative estimate of drug-likeness (QED) is 0.859. The van der Waals surface area contributed by atoms with E-state index in [9.17, 15) is 8.42 Å². The van der Waals surface area contributed by atoms with Crippen molar-refractivity contribution in [2.24, 2.45) is 7.05 Å². The summed E-state index contributed by atoms with van der Waals surface area (Å²) in [5.41, 5.74) is 5.64. The van der Waals surface area contributed by atoms with Gasteiger partial charge in [-0.1, -0.05) is 6.92 Å². The van der Waals surface area contributed by atoms with Gasteiger partial charge in [0.1, 0.15) is 0 Å². The SMILES string of the molecule is CCC1CCCN1S(=O)(=O)c1c(N)ncn1C. The van der Waals surface area contributed by atoms with E-state index in [0.29, 0.717) is 6.54 Å². The Hall–Kier alpha value is -1.08. The standard InChI is InChI=1S/C10H18N4O2S/c1-3-8-5-4-6-14(8)17(15,16)10-9(11)12-7-13(10)2/h7-8H,3-6,11H2,1-2H3. The van der Waals surface area contributed by atoms with Crippen molar-refractivity contribution in [2.75, 3.05) is 12.3 Å². The third kappa shape index (κ3) is 1.93. The minimum Gasteiger partial charge on any atom is -0.381 e. The summed E-state index contributed by atoms with van der Waals surface area (Å²) in [6.45, 7) is 2.58. The molecule has 0 bridgehead atoms. The van der Waals surface area contributed by atoms with Crippen molar-refractivity contribution in [1.82, 2.24) is 13.9 Å². The summed E-state index contributed by atoms with van der Waals surface area (Å²) in [4.78, 5) is 3.84. The van der Waals surface area contributed by atoms with Crippen LogP contribution in [0.1, 0.15) is 26.2 Å². The zero-order valence-electron chi connectivity index (χ0n) is 10.1. The number of aryl methyl sites for hydroxylation is 1. The second-order valence-corrected chi connectivity index (χ2v) is 6.17. The van der Waals surface area contributed by atoms with Crippen LogP contribution >= 0.6 is 0 Å². The van der Waals surface area contributed by atoms with Gasteiger partial charge in [0.15, 0.2) is 10.8 Å². The normalized spacial score (nSPS) is 22.1. The number of imidazole rings is 1. The van der Waals surface area contributed by atoms with Crippen LogP contribution < -0.4 is 5.73 Å². The summed E-state index contributed by atoms with van der Waals surface area (Å²) in [7, 11) is -1.86. The van der Waals surface area contributed by atoms with Crippen molar-refractivity contribution >= 4 is 15.8 Å². The van der Waals surface area contributed by atoms with Gasteiger partial charge in [-0.3, -0.25) is 0 Å². The molecule has 96 valence electrons. The van der Waals surface area contributed by atoms with Crippen molar-refractivity contribution in [3.8, 4) is 0 Å². The van der Waals surface area contributed by atoms with Crippen molar-refractivity contribution in [2.45, 2.75) is 37.3 Å². The van der Waals surface area contributed by atoms with Crippen LogP contribution in [0.2, 0.25) is 0 Å². The zero-order chi connectivity index (χ0) is 12.6. The second kappa shape index (κ2) is 4.30. The molecule has 1 aromatic rings. The number of hydrogen-bond acceptors (Lipinski definition) is 4. The van der Waals surface area contributed by atoms with Gasteiger partial charge in [0.2, 0.25) is 0 Å². The lowest BCUT2D eigenvalue weighted by Crippen LogP contribution is -2.36. The minimum absolute atomic E-state index is 0.0780. The van der Waals surface area contributed by atoms with E-state index >= 15 is 0 Å². The predicted octanol–water partition coefficient (Wildman–Crippen LogP) is 0.565. The average Bonchev–Trinajstić information content (AvgIpc) is 2.85. The highest BCUT2D eigenvalue weighted by molar-refractivity contribution is 7.89. The number of hydrogen-bond donors (Lipinski definition) is 1. The summed E-state index contributed by atoms with van der Waals surface area (Å²) in [5.74, 6) is 0.0780. The molecule has 0 saturated carbocycles. The lowest BCUT2D eigenvalue weighted by Gasteiger charge is -2.23. The van der Waals surface area contributed by atoms with Gasteiger partial charge in [-0.25, -0.2) is 13.4 Å². The first-order valence-corrected chi connectivity index (χ1v) is 7.21. The van der Waals surface area contributed by atoms with E-state index in [4.69, 9.17) is 5.73 Å². The molecule has 0 aliphatic carbocycles. The van der Waals surface area contributed by atoms with E-state index in [-0.39, 0.29) is 16.9 Å². The van der Waals surface area contributed by atoms with Gasteiger partial charge < -0.3 is 10.3 Å². The van der Waals surface area contributed by atoms with Crippen molar-refractivity contribution < 1.29 is 8.42 Å². The van der Waals surface area contributed by atoms with Crippen LogP contribution in [0.25, 0.3) is 0 Å². The monoisotopic (exact) mass is 258 g/mol. The summed E-state index contributed by atoms with van der Waals surface area (Å²) in [5, 5.41) is 0.109. The molecule has 1 atom stereocenters. The fourth-order valence-electron chi connectivity index (χ4n) is 2.40.